The van der Waals surface area contributed by atoms with E-state index in [4.69, 9.17) is 9.84 Å². The molecule has 0 aliphatic rings. The monoisotopic (exact) mass is 266 g/mol. The van der Waals surface area contributed by atoms with Crippen molar-refractivity contribution in [1.82, 2.24) is 10.2 Å². The molecule has 0 saturated heterocycles. The number of rotatable bonds is 7. The first-order valence-electron chi connectivity index (χ1n) is 6.30. The maximum absolute atomic E-state index is 11.8. The van der Waals surface area contributed by atoms with Crippen molar-refractivity contribution in [1.29, 1.82) is 0 Å². The highest BCUT2D eigenvalue weighted by molar-refractivity contribution is 5.78. The number of aliphatic hydroxyl groups excluding tert-OH is 1. The molecule has 0 radical (unpaired) electrons. The lowest BCUT2D eigenvalue weighted by atomic mass is 10.1. The maximum Gasteiger partial charge on any atom is 0.234 e. The predicted molar refractivity (Wildman–Crippen MR) is 74.1 cm³/mol. The topological polar surface area (TPSA) is 61.8 Å². The van der Waals surface area contributed by atoms with E-state index < -0.39 is 0 Å². The van der Waals surface area contributed by atoms with Crippen LogP contribution in [0.4, 0.5) is 0 Å². The third-order valence-corrected chi connectivity index (χ3v) is 2.88. The summed E-state index contributed by atoms with van der Waals surface area (Å²) in [5.41, 5.74) is 0.947. The lowest BCUT2D eigenvalue weighted by Gasteiger charge is -2.19. The highest BCUT2D eigenvalue weighted by Crippen LogP contribution is 2.24. The highest BCUT2D eigenvalue weighted by atomic mass is 16.5. The number of hydrogen-bond donors (Lipinski definition) is 2. The van der Waals surface area contributed by atoms with Crippen LogP contribution in [0.1, 0.15) is 18.5 Å². The fourth-order valence-electron chi connectivity index (χ4n) is 1.88. The van der Waals surface area contributed by atoms with Crippen LogP contribution >= 0.6 is 0 Å². The van der Waals surface area contributed by atoms with Crippen LogP contribution < -0.4 is 10.1 Å². The zero-order chi connectivity index (χ0) is 14.3. The third kappa shape index (κ3) is 4.89. The quantitative estimate of drug-likeness (QED) is 0.766. The molecule has 0 bridgehead atoms. The molecule has 0 fully saturated rings. The SMILES string of the molecule is COc1ccccc1C(C)NC(=O)CN(C)CCO. The number of aliphatic hydroxyl groups is 1. The first-order chi connectivity index (χ1) is 9.08. The number of ether oxygens (including phenoxy) is 1. The van der Waals surface area contributed by atoms with E-state index in [1.807, 2.05) is 31.2 Å². The molecule has 2 N–H and O–H groups in total. The molecular weight excluding hydrogens is 244 g/mol. The van der Waals surface area contributed by atoms with E-state index in [1.165, 1.54) is 0 Å². The second kappa shape index (κ2) is 7.76. The van der Waals surface area contributed by atoms with Crippen LogP contribution in [-0.2, 0) is 4.79 Å². The first-order valence-corrected chi connectivity index (χ1v) is 6.30. The van der Waals surface area contributed by atoms with Crippen LogP contribution in [0, 0.1) is 0 Å². The van der Waals surface area contributed by atoms with E-state index in [1.54, 1.807) is 19.1 Å². The van der Waals surface area contributed by atoms with Crippen molar-refractivity contribution in [3.8, 4) is 5.75 Å². The minimum absolute atomic E-state index is 0.0475. The van der Waals surface area contributed by atoms with Crippen molar-refractivity contribution in [2.75, 3.05) is 33.9 Å². The van der Waals surface area contributed by atoms with Crippen molar-refractivity contribution >= 4 is 5.91 Å². The fourth-order valence-corrected chi connectivity index (χ4v) is 1.88. The first kappa shape index (κ1) is 15.5. The molecule has 1 aromatic carbocycles. The maximum atomic E-state index is 11.8. The summed E-state index contributed by atoms with van der Waals surface area (Å²) in [4.78, 5) is 13.6. The van der Waals surface area contributed by atoms with Crippen LogP contribution in [0.5, 0.6) is 5.75 Å². The van der Waals surface area contributed by atoms with Gasteiger partial charge in [-0.1, -0.05) is 18.2 Å². The van der Waals surface area contributed by atoms with Crippen LogP contribution in [0.2, 0.25) is 0 Å². The Bertz CT molecular complexity index is 409. The lowest BCUT2D eigenvalue weighted by molar-refractivity contribution is -0.122. The van der Waals surface area contributed by atoms with Crippen molar-refractivity contribution < 1.29 is 14.6 Å². The summed E-state index contributed by atoms with van der Waals surface area (Å²) >= 11 is 0. The molecule has 1 amide bonds. The summed E-state index contributed by atoms with van der Waals surface area (Å²) in [6, 6.07) is 7.49. The van der Waals surface area contributed by atoms with Gasteiger partial charge in [0.05, 0.1) is 26.3 Å². The number of benzene rings is 1. The Morgan fingerprint density at radius 3 is 2.79 bits per heavy atom. The van der Waals surface area contributed by atoms with E-state index >= 15 is 0 Å². The second-order valence-corrected chi connectivity index (χ2v) is 4.49. The number of carbonyl (C=O) groups excluding carboxylic acids is 1. The van der Waals surface area contributed by atoms with Crippen LogP contribution in [0.3, 0.4) is 0 Å². The molecule has 106 valence electrons. The Morgan fingerprint density at radius 1 is 1.47 bits per heavy atom. The van der Waals surface area contributed by atoms with Gasteiger partial charge in [-0.25, -0.2) is 0 Å². The van der Waals surface area contributed by atoms with Gasteiger partial charge in [0.1, 0.15) is 5.75 Å². The number of hydrogen-bond acceptors (Lipinski definition) is 4. The van der Waals surface area contributed by atoms with Gasteiger partial charge in [0.2, 0.25) is 5.91 Å². The molecule has 1 aromatic rings. The molecule has 1 unspecified atom stereocenters. The molecule has 0 spiro atoms. The minimum Gasteiger partial charge on any atom is -0.496 e. The standard InChI is InChI=1S/C14H22N2O3/c1-11(12-6-4-5-7-13(12)19-3)15-14(18)10-16(2)8-9-17/h4-7,11,17H,8-10H2,1-3H3,(H,15,18). The normalized spacial score (nSPS) is 12.3. The molecule has 5 heteroatoms. The fraction of sp³-hybridized carbons (Fsp3) is 0.500. The highest BCUT2D eigenvalue weighted by Gasteiger charge is 2.14. The predicted octanol–water partition coefficient (Wildman–Crippen LogP) is 0.796. The van der Waals surface area contributed by atoms with Gasteiger partial charge in [0.25, 0.3) is 0 Å². The summed E-state index contributed by atoms with van der Waals surface area (Å²) < 4.78 is 5.27. The summed E-state index contributed by atoms with van der Waals surface area (Å²) in [5.74, 6) is 0.688. The van der Waals surface area contributed by atoms with Gasteiger partial charge in [-0.15, -0.1) is 0 Å². The molecular formula is C14H22N2O3. The molecule has 1 atom stereocenters. The van der Waals surface area contributed by atoms with Crippen molar-refractivity contribution in [2.24, 2.45) is 0 Å². The number of likely N-dealkylation sites (N-methyl/N-ethyl adjacent to an activating group) is 1. The lowest BCUT2D eigenvalue weighted by Crippen LogP contribution is -2.37. The number of para-hydroxylation sites is 1. The smallest absolute Gasteiger partial charge is 0.234 e. The van der Waals surface area contributed by atoms with Crippen molar-refractivity contribution in [3.05, 3.63) is 29.8 Å². The molecule has 1 rings (SSSR count). The number of methoxy groups -OCH3 is 1. The minimum atomic E-state index is -0.119. The largest absolute Gasteiger partial charge is 0.496 e. The van der Waals surface area contributed by atoms with Crippen LogP contribution in [0.25, 0.3) is 0 Å². The molecule has 0 aromatic heterocycles. The Hall–Kier alpha value is -1.59. The van der Waals surface area contributed by atoms with E-state index in [-0.39, 0.29) is 25.1 Å². The van der Waals surface area contributed by atoms with E-state index in [0.29, 0.717) is 6.54 Å². The van der Waals surface area contributed by atoms with Crippen molar-refractivity contribution in [3.63, 3.8) is 0 Å². The summed E-state index contributed by atoms with van der Waals surface area (Å²) in [6.07, 6.45) is 0. The molecule has 0 aliphatic carbocycles. The van der Waals surface area contributed by atoms with Crippen molar-refractivity contribution in [2.45, 2.75) is 13.0 Å². The number of amides is 1. The average molecular weight is 266 g/mol. The number of carbonyl (C=O) groups is 1. The van der Waals surface area contributed by atoms with Gasteiger partial charge in [-0.05, 0) is 20.0 Å². The molecule has 19 heavy (non-hydrogen) atoms. The van der Waals surface area contributed by atoms with Gasteiger partial charge in [-0.2, -0.15) is 0 Å². The van der Waals surface area contributed by atoms with E-state index in [2.05, 4.69) is 5.32 Å². The second-order valence-electron chi connectivity index (χ2n) is 4.49. The van der Waals surface area contributed by atoms with E-state index in [0.717, 1.165) is 11.3 Å². The van der Waals surface area contributed by atoms with E-state index in [9.17, 15) is 4.79 Å². The van der Waals surface area contributed by atoms with Gasteiger partial charge in [0.15, 0.2) is 0 Å². The number of nitrogens with one attached hydrogen (secondary N) is 1. The van der Waals surface area contributed by atoms with Gasteiger partial charge in [-0.3, -0.25) is 9.69 Å². The zero-order valence-corrected chi connectivity index (χ0v) is 11.7. The Morgan fingerprint density at radius 2 is 2.16 bits per heavy atom. The van der Waals surface area contributed by atoms with Gasteiger partial charge < -0.3 is 15.2 Å². The van der Waals surface area contributed by atoms with Gasteiger partial charge >= 0.3 is 0 Å². The Kier molecular flexibility index (Phi) is 6.32. The average Bonchev–Trinajstić information content (AvgIpc) is 2.38. The van der Waals surface area contributed by atoms with Gasteiger partial charge in [0, 0.05) is 12.1 Å². The molecule has 0 heterocycles. The summed E-state index contributed by atoms with van der Waals surface area (Å²) in [5, 5.41) is 11.7. The van der Waals surface area contributed by atoms with Crippen LogP contribution in [0.15, 0.2) is 24.3 Å². The van der Waals surface area contributed by atoms with Crippen LogP contribution in [-0.4, -0.2) is 49.8 Å². The Labute approximate surface area is 114 Å². The third-order valence-electron chi connectivity index (χ3n) is 2.88. The molecule has 0 aliphatic heterocycles. The molecule has 5 nitrogen and oxygen atoms in total. The summed E-state index contributed by atoms with van der Waals surface area (Å²) in [6.45, 7) is 2.71. The number of nitrogens with zero attached hydrogens (tertiary/aromatic N) is 1. The molecule has 0 saturated carbocycles. The zero-order valence-electron chi connectivity index (χ0n) is 11.7. The Balaban J connectivity index is 2.59. The summed E-state index contributed by atoms with van der Waals surface area (Å²) in [7, 11) is 3.41.